The number of aromatic nitrogens is 2. The highest BCUT2D eigenvalue weighted by molar-refractivity contribution is 7.13. The van der Waals surface area contributed by atoms with Crippen molar-refractivity contribution in [2.75, 3.05) is 6.54 Å². The Labute approximate surface area is 125 Å². The van der Waals surface area contributed by atoms with E-state index in [1.54, 1.807) is 24.3 Å². The number of likely N-dealkylation sites (tertiary alicyclic amines) is 1. The number of carboxylic acids is 1. The number of aliphatic carboxylic acids is 1. The van der Waals surface area contributed by atoms with Crippen molar-refractivity contribution in [3.8, 4) is 10.6 Å². The molecule has 0 aliphatic carbocycles. The second kappa shape index (κ2) is 5.00. The zero-order chi connectivity index (χ0) is 15.0. The molecule has 1 aliphatic heterocycles. The number of nitrogens with one attached hydrogen (secondary N) is 1. The Morgan fingerprint density at radius 3 is 3.00 bits per heavy atom. The zero-order valence-corrected chi connectivity index (χ0v) is 12.3. The van der Waals surface area contributed by atoms with Gasteiger partial charge in [-0.25, -0.2) is 4.79 Å². The molecule has 1 saturated heterocycles. The molecule has 2 aromatic heterocycles. The molecular weight excluding hydrogens is 290 g/mol. The van der Waals surface area contributed by atoms with E-state index in [-0.39, 0.29) is 11.6 Å². The summed E-state index contributed by atoms with van der Waals surface area (Å²) in [7, 11) is 0. The monoisotopic (exact) mass is 305 g/mol. The second-order valence-corrected chi connectivity index (χ2v) is 6.23. The van der Waals surface area contributed by atoms with Gasteiger partial charge >= 0.3 is 5.97 Å². The number of rotatable bonds is 3. The number of carbonyl (C=O) groups is 2. The molecule has 0 radical (unpaired) electrons. The first kappa shape index (κ1) is 13.8. The predicted octanol–water partition coefficient (Wildman–Crippen LogP) is 2.22. The molecule has 1 aliphatic rings. The van der Waals surface area contributed by atoms with Gasteiger partial charge in [0, 0.05) is 6.54 Å². The van der Waals surface area contributed by atoms with Crippen LogP contribution < -0.4 is 0 Å². The van der Waals surface area contributed by atoms with Crippen molar-refractivity contribution >= 4 is 23.2 Å². The van der Waals surface area contributed by atoms with Crippen LogP contribution in [0.2, 0.25) is 0 Å². The van der Waals surface area contributed by atoms with E-state index in [0.29, 0.717) is 19.4 Å². The summed E-state index contributed by atoms with van der Waals surface area (Å²) >= 11 is 1.55. The highest BCUT2D eigenvalue weighted by Gasteiger charge is 2.46. The van der Waals surface area contributed by atoms with E-state index in [9.17, 15) is 14.7 Å². The van der Waals surface area contributed by atoms with Gasteiger partial charge in [-0.3, -0.25) is 9.89 Å². The Balaban J connectivity index is 1.87. The van der Waals surface area contributed by atoms with Crippen molar-refractivity contribution in [1.82, 2.24) is 15.1 Å². The van der Waals surface area contributed by atoms with Crippen LogP contribution >= 0.6 is 11.3 Å². The van der Waals surface area contributed by atoms with E-state index < -0.39 is 11.5 Å². The molecule has 110 valence electrons. The van der Waals surface area contributed by atoms with Crippen LogP contribution in [-0.4, -0.2) is 44.2 Å². The number of hydrogen-bond donors (Lipinski definition) is 2. The molecule has 21 heavy (non-hydrogen) atoms. The molecule has 1 atom stereocenters. The van der Waals surface area contributed by atoms with Gasteiger partial charge in [0.1, 0.15) is 5.54 Å². The van der Waals surface area contributed by atoms with Gasteiger partial charge in [0.05, 0.1) is 10.6 Å². The molecule has 2 N–H and O–H groups in total. The third-order valence-electron chi connectivity index (χ3n) is 3.93. The van der Waals surface area contributed by atoms with Crippen LogP contribution in [0.3, 0.4) is 0 Å². The van der Waals surface area contributed by atoms with Crippen molar-refractivity contribution in [1.29, 1.82) is 0 Å². The quantitative estimate of drug-likeness (QED) is 0.910. The van der Waals surface area contributed by atoms with Gasteiger partial charge in [0.2, 0.25) is 0 Å². The summed E-state index contributed by atoms with van der Waals surface area (Å²) in [4.78, 5) is 26.4. The van der Waals surface area contributed by atoms with E-state index >= 15 is 0 Å². The Bertz CT molecular complexity index is 679. The van der Waals surface area contributed by atoms with Crippen LogP contribution in [-0.2, 0) is 4.79 Å². The van der Waals surface area contributed by atoms with E-state index in [1.807, 2.05) is 17.5 Å². The number of carboxylic acid groups (broad SMARTS) is 1. The van der Waals surface area contributed by atoms with Gasteiger partial charge in [-0.1, -0.05) is 6.07 Å². The number of nitrogens with zero attached hydrogens (tertiary/aromatic N) is 2. The fourth-order valence-corrected chi connectivity index (χ4v) is 3.33. The van der Waals surface area contributed by atoms with Gasteiger partial charge in [-0.15, -0.1) is 11.3 Å². The third-order valence-corrected chi connectivity index (χ3v) is 4.83. The molecule has 7 heteroatoms. The van der Waals surface area contributed by atoms with Crippen LogP contribution in [0.25, 0.3) is 10.6 Å². The summed E-state index contributed by atoms with van der Waals surface area (Å²) < 4.78 is 0. The maximum Gasteiger partial charge on any atom is 0.329 e. The first-order valence-electron chi connectivity index (χ1n) is 6.67. The number of amides is 1. The van der Waals surface area contributed by atoms with Crippen molar-refractivity contribution in [3.63, 3.8) is 0 Å². The second-order valence-electron chi connectivity index (χ2n) is 5.28. The Morgan fingerprint density at radius 1 is 1.52 bits per heavy atom. The van der Waals surface area contributed by atoms with Crippen LogP contribution in [0.1, 0.15) is 30.3 Å². The Morgan fingerprint density at radius 2 is 2.33 bits per heavy atom. The molecule has 0 bridgehead atoms. The normalized spacial score (nSPS) is 21.7. The first-order chi connectivity index (χ1) is 10.0. The van der Waals surface area contributed by atoms with Crippen LogP contribution in [0.4, 0.5) is 0 Å². The topological polar surface area (TPSA) is 86.3 Å². The molecule has 0 spiro atoms. The lowest BCUT2D eigenvalue weighted by Crippen LogP contribution is -2.50. The van der Waals surface area contributed by atoms with Crippen LogP contribution in [0.15, 0.2) is 23.6 Å². The number of hydrogen-bond acceptors (Lipinski definition) is 4. The maximum absolute atomic E-state index is 12.5. The zero-order valence-electron chi connectivity index (χ0n) is 11.5. The number of H-pyrrole nitrogens is 1. The molecule has 3 rings (SSSR count). The number of carbonyl (C=O) groups excluding carboxylic acids is 1. The fraction of sp³-hybridized carbons (Fsp3) is 0.357. The number of aromatic amines is 1. The average Bonchev–Trinajstić information content (AvgIpc) is 3.18. The van der Waals surface area contributed by atoms with Gasteiger partial charge in [-0.2, -0.15) is 5.10 Å². The van der Waals surface area contributed by atoms with Gasteiger partial charge in [-0.05, 0) is 37.3 Å². The van der Waals surface area contributed by atoms with E-state index in [2.05, 4.69) is 10.2 Å². The summed E-state index contributed by atoms with van der Waals surface area (Å²) in [5.74, 6) is -1.31. The molecular formula is C14H15N3O3S. The maximum atomic E-state index is 12.5. The molecule has 6 nitrogen and oxygen atoms in total. The summed E-state index contributed by atoms with van der Waals surface area (Å²) in [6, 6.07) is 5.53. The summed E-state index contributed by atoms with van der Waals surface area (Å²) in [5, 5.41) is 18.2. The first-order valence-corrected chi connectivity index (χ1v) is 7.55. The molecule has 1 fully saturated rings. The average molecular weight is 305 g/mol. The van der Waals surface area contributed by atoms with E-state index in [0.717, 1.165) is 10.6 Å². The van der Waals surface area contributed by atoms with Gasteiger partial charge < -0.3 is 10.0 Å². The standard InChI is InChI=1S/C14H15N3O3S/c1-14(13(19)20)5-3-6-17(14)12(18)10-8-9(15-16-10)11-4-2-7-21-11/h2,4,7-8H,3,5-6H2,1H3,(H,15,16)(H,19,20). The highest BCUT2D eigenvalue weighted by Crippen LogP contribution is 2.31. The summed E-state index contributed by atoms with van der Waals surface area (Å²) in [6.07, 6.45) is 1.16. The van der Waals surface area contributed by atoms with Crippen molar-refractivity contribution in [2.24, 2.45) is 0 Å². The minimum atomic E-state index is -1.14. The highest BCUT2D eigenvalue weighted by atomic mass is 32.1. The summed E-state index contributed by atoms with van der Waals surface area (Å²) in [6.45, 7) is 2.04. The fourth-order valence-electron chi connectivity index (χ4n) is 2.64. The van der Waals surface area contributed by atoms with E-state index in [4.69, 9.17) is 0 Å². The minimum absolute atomic E-state index is 0.257. The minimum Gasteiger partial charge on any atom is -0.480 e. The molecule has 2 aromatic rings. The predicted molar refractivity (Wildman–Crippen MR) is 78.2 cm³/mol. The molecule has 1 amide bonds. The van der Waals surface area contributed by atoms with Gasteiger partial charge in [0.15, 0.2) is 5.69 Å². The lowest BCUT2D eigenvalue weighted by molar-refractivity contribution is -0.147. The lowest BCUT2D eigenvalue weighted by Gasteiger charge is -2.30. The summed E-state index contributed by atoms with van der Waals surface area (Å²) in [5.41, 5.74) is -0.114. The van der Waals surface area contributed by atoms with E-state index in [1.165, 1.54) is 4.90 Å². The van der Waals surface area contributed by atoms with Gasteiger partial charge in [0.25, 0.3) is 5.91 Å². The Kier molecular flexibility index (Phi) is 3.29. The van der Waals surface area contributed by atoms with Crippen LogP contribution in [0, 0.1) is 0 Å². The molecule has 0 saturated carbocycles. The van der Waals surface area contributed by atoms with Crippen molar-refractivity contribution in [3.05, 3.63) is 29.3 Å². The van der Waals surface area contributed by atoms with Crippen molar-refractivity contribution in [2.45, 2.75) is 25.3 Å². The van der Waals surface area contributed by atoms with Crippen molar-refractivity contribution < 1.29 is 14.7 Å². The largest absolute Gasteiger partial charge is 0.480 e. The SMILES string of the molecule is CC1(C(=O)O)CCCN1C(=O)c1cc(-c2cccs2)[nH]n1. The Hall–Kier alpha value is -2.15. The molecule has 1 unspecified atom stereocenters. The lowest BCUT2D eigenvalue weighted by atomic mass is 9.99. The molecule has 3 heterocycles. The smallest absolute Gasteiger partial charge is 0.329 e. The van der Waals surface area contributed by atoms with Crippen LogP contribution in [0.5, 0.6) is 0 Å². The number of thiophene rings is 1. The third kappa shape index (κ3) is 2.23. The molecule has 0 aromatic carbocycles.